The summed E-state index contributed by atoms with van der Waals surface area (Å²) >= 11 is 1.50. The van der Waals surface area contributed by atoms with Gasteiger partial charge in [0.2, 0.25) is 0 Å². The predicted molar refractivity (Wildman–Crippen MR) is 65.8 cm³/mol. The second-order valence-corrected chi connectivity index (χ2v) is 5.23. The van der Waals surface area contributed by atoms with Crippen molar-refractivity contribution in [3.8, 4) is 6.19 Å². The summed E-state index contributed by atoms with van der Waals surface area (Å²) in [4.78, 5) is 4.47. The molecule has 0 saturated heterocycles. The lowest BCUT2D eigenvalue weighted by atomic mass is 9.76. The van der Waals surface area contributed by atoms with Crippen LogP contribution in [0.1, 0.15) is 39.0 Å². The Hall–Kier alpha value is -0.690. The van der Waals surface area contributed by atoms with Gasteiger partial charge in [0.25, 0.3) is 0 Å². The zero-order chi connectivity index (χ0) is 11.1. The molecule has 0 aliphatic heterocycles. The van der Waals surface area contributed by atoms with E-state index in [1.807, 2.05) is 12.4 Å². The van der Waals surface area contributed by atoms with Crippen LogP contribution in [-0.2, 0) is 0 Å². The lowest BCUT2D eigenvalue weighted by molar-refractivity contribution is 0.227. The van der Waals surface area contributed by atoms with Crippen LogP contribution >= 0.6 is 11.8 Å². The summed E-state index contributed by atoms with van der Waals surface area (Å²) in [6.45, 7) is 3.15. The first-order valence-corrected chi connectivity index (χ1v) is 6.66. The molecule has 0 radical (unpaired) electrons. The van der Waals surface area contributed by atoms with Gasteiger partial charge in [0.05, 0.1) is 0 Å². The number of thioether (sulfide) groups is 1. The van der Waals surface area contributed by atoms with E-state index in [0.29, 0.717) is 5.41 Å². The molecule has 4 heteroatoms. The molecule has 1 rings (SSSR count). The van der Waals surface area contributed by atoms with Crippen LogP contribution in [0.25, 0.3) is 0 Å². The van der Waals surface area contributed by atoms with E-state index in [9.17, 15) is 0 Å². The van der Waals surface area contributed by atoms with Gasteiger partial charge >= 0.3 is 0 Å². The Labute approximate surface area is 96.3 Å². The molecule has 15 heavy (non-hydrogen) atoms. The average Bonchev–Trinajstić information content (AvgIpc) is 2.25. The molecule has 0 atom stereocenters. The second kappa shape index (κ2) is 6.02. The molecule has 0 aromatic rings. The molecular weight excluding hydrogens is 206 g/mol. The molecule has 1 N–H and O–H groups in total. The molecule has 3 nitrogen and oxygen atoms in total. The molecule has 0 aromatic heterocycles. The molecule has 84 valence electrons. The zero-order valence-corrected chi connectivity index (χ0v) is 10.4. The Bertz CT molecular complexity index is 261. The molecular formula is C11H19N3S. The Kier molecular flexibility index (Phi) is 4.97. The Morgan fingerprint density at radius 1 is 1.47 bits per heavy atom. The van der Waals surface area contributed by atoms with E-state index in [0.717, 1.165) is 11.7 Å². The average molecular weight is 225 g/mol. The SMILES string of the molecule is CSC(=NCC1(C)CCCCC1)NC#N. The highest BCUT2D eigenvalue weighted by Gasteiger charge is 2.26. The van der Waals surface area contributed by atoms with Crippen LogP contribution in [0.4, 0.5) is 0 Å². The van der Waals surface area contributed by atoms with E-state index < -0.39 is 0 Å². The third-order valence-corrected chi connectivity index (χ3v) is 3.64. The Morgan fingerprint density at radius 3 is 2.67 bits per heavy atom. The van der Waals surface area contributed by atoms with Gasteiger partial charge in [-0.3, -0.25) is 10.3 Å². The molecule has 1 saturated carbocycles. The first-order chi connectivity index (χ1) is 7.20. The summed E-state index contributed by atoms with van der Waals surface area (Å²) in [6, 6.07) is 0. The maximum Gasteiger partial charge on any atom is 0.183 e. The van der Waals surface area contributed by atoms with E-state index in [2.05, 4.69) is 17.2 Å². The third kappa shape index (κ3) is 4.13. The fourth-order valence-corrected chi connectivity index (χ4v) is 2.37. The Morgan fingerprint density at radius 2 is 2.13 bits per heavy atom. The number of aliphatic imine (C=N–C) groups is 1. The molecule has 0 spiro atoms. The number of nitriles is 1. The second-order valence-electron chi connectivity index (χ2n) is 4.43. The van der Waals surface area contributed by atoms with Crippen LogP contribution in [0.3, 0.4) is 0 Å². The molecule has 0 bridgehead atoms. The van der Waals surface area contributed by atoms with Crippen LogP contribution in [0.2, 0.25) is 0 Å². The summed E-state index contributed by atoms with van der Waals surface area (Å²) in [5.74, 6) is 0. The van der Waals surface area contributed by atoms with E-state index in [1.54, 1.807) is 0 Å². The van der Waals surface area contributed by atoms with Crippen molar-refractivity contribution >= 4 is 16.9 Å². The quantitative estimate of drug-likeness (QED) is 0.340. The van der Waals surface area contributed by atoms with Gasteiger partial charge in [-0.05, 0) is 24.5 Å². The minimum Gasteiger partial charge on any atom is -0.272 e. The summed E-state index contributed by atoms with van der Waals surface area (Å²) in [6.07, 6.45) is 10.4. The number of nitrogens with one attached hydrogen (secondary N) is 1. The topological polar surface area (TPSA) is 48.2 Å². The normalized spacial score (nSPS) is 20.7. The molecule has 0 aromatic carbocycles. The lowest BCUT2D eigenvalue weighted by Crippen LogP contribution is -2.25. The summed E-state index contributed by atoms with van der Waals surface area (Å²) < 4.78 is 0. The van der Waals surface area contributed by atoms with Crippen molar-refractivity contribution in [1.82, 2.24) is 5.32 Å². The van der Waals surface area contributed by atoms with Gasteiger partial charge in [-0.1, -0.05) is 37.9 Å². The van der Waals surface area contributed by atoms with Gasteiger partial charge in [-0.15, -0.1) is 0 Å². The maximum absolute atomic E-state index is 8.51. The number of rotatable bonds is 2. The molecule has 0 heterocycles. The van der Waals surface area contributed by atoms with Crippen LogP contribution in [0.15, 0.2) is 4.99 Å². The predicted octanol–water partition coefficient (Wildman–Crippen LogP) is 2.75. The van der Waals surface area contributed by atoms with Crippen molar-refractivity contribution in [2.75, 3.05) is 12.8 Å². The standard InChI is InChI=1S/C11H19N3S/c1-11(6-4-3-5-7-11)8-13-10(15-2)14-9-12/h3-8H2,1-2H3,(H,13,14). The maximum atomic E-state index is 8.51. The van der Waals surface area contributed by atoms with Crippen molar-refractivity contribution in [3.05, 3.63) is 0 Å². The largest absolute Gasteiger partial charge is 0.272 e. The summed E-state index contributed by atoms with van der Waals surface area (Å²) in [5, 5.41) is 11.9. The molecule has 1 fully saturated rings. The fraction of sp³-hybridized carbons (Fsp3) is 0.818. The van der Waals surface area contributed by atoms with Crippen LogP contribution < -0.4 is 5.32 Å². The monoisotopic (exact) mass is 225 g/mol. The van der Waals surface area contributed by atoms with Crippen LogP contribution in [0.5, 0.6) is 0 Å². The summed E-state index contributed by atoms with van der Waals surface area (Å²) in [7, 11) is 0. The number of hydrogen-bond acceptors (Lipinski definition) is 3. The smallest absolute Gasteiger partial charge is 0.183 e. The third-order valence-electron chi connectivity index (χ3n) is 3.02. The van der Waals surface area contributed by atoms with Gasteiger partial charge < -0.3 is 0 Å². The van der Waals surface area contributed by atoms with Crippen molar-refractivity contribution in [1.29, 1.82) is 5.26 Å². The van der Waals surface area contributed by atoms with E-state index in [1.165, 1.54) is 43.9 Å². The van der Waals surface area contributed by atoms with Gasteiger partial charge in [0, 0.05) is 6.54 Å². The molecule has 0 amide bonds. The fourth-order valence-electron chi connectivity index (χ4n) is 2.03. The van der Waals surface area contributed by atoms with Gasteiger partial charge in [-0.2, -0.15) is 5.26 Å². The molecule has 1 aliphatic carbocycles. The van der Waals surface area contributed by atoms with Crippen LogP contribution in [0, 0.1) is 16.9 Å². The highest BCUT2D eigenvalue weighted by atomic mass is 32.2. The molecule has 1 aliphatic rings. The minimum atomic E-state index is 0.358. The van der Waals surface area contributed by atoms with Crippen molar-refractivity contribution in [3.63, 3.8) is 0 Å². The van der Waals surface area contributed by atoms with Gasteiger partial charge in [0.1, 0.15) is 0 Å². The molecule has 0 unspecified atom stereocenters. The first-order valence-electron chi connectivity index (χ1n) is 5.44. The van der Waals surface area contributed by atoms with E-state index >= 15 is 0 Å². The van der Waals surface area contributed by atoms with Crippen molar-refractivity contribution < 1.29 is 0 Å². The summed E-state index contributed by atoms with van der Waals surface area (Å²) in [5.41, 5.74) is 0.358. The number of hydrogen-bond donors (Lipinski definition) is 1. The number of nitrogens with zero attached hydrogens (tertiary/aromatic N) is 2. The minimum absolute atomic E-state index is 0.358. The highest BCUT2D eigenvalue weighted by molar-refractivity contribution is 8.13. The van der Waals surface area contributed by atoms with Crippen molar-refractivity contribution in [2.45, 2.75) is 39.0 Å². The van der Waals surface area contributed by atoms with Gasteiger partial charge in [0.15, 0.2) is 11.4 Å². The van der Waals surface area contributed by atoms with E-state index in [4.69, 9.17) is 5.26 Å². The lowest BCUT2D eigenvalue weighted by Gasteiger charge is -2.31. The Balaban J connectivity index is 2.48. The van der Waals surface area contributed by atoms with Gasteiger partial charge in [-0.25, -0.2) is 0 Å². The number of amidine groups is 1. The zero-order valence-electron chi connectivity index (χ0n) is 9.55. The van der Waals surface area contributed by atoms with E-state index in [-0.39, 0.29) is 0 Å². The van der Waals surface area contributed by atoms with Crippen LogP contribution in [-0.4, -0.2) is 18.0 Å². The van der Waals surface area contributed by atoms with Crippen molar-refractivity contribution in [2.24, 2.45) is 10.4 Å². The highest BCUT2D eigenvalue weighted by Crippen LogP contribution is 2.35. The first kappa shape index (κ1) is 12.4.